The van der Waals surface area contributed by atoms with Gasteiger partial charge in [0.05, 0.1) is 11.3 Å². The molecule has 0 atom stereocenters. The van der Waals surface area contributed by atoms with Gasteiger partial charge in [0.15, 0.2) is 5.82 Å². The summed E-state index contributed by atoms with van der Waals surface area (Å²) in [5.41, 5.74) is 7.54. The highest BCUT2D eigenvalue weighted by Crippen LogP contribution is 2.27. The fourth-order valence-electron chi connectivity index (χ4n) is 4.57. The summed E-state index contributed by atoms with van der Waals surface area (Å²) in [6.45, 7) is 5.10. The fraction of sp³-hybridized carbons (Fsp3) is 0.308. The van der Waals surface area contributed by atoms with E-state index in [4.69, 9.17) is 9.72 Å². The molecule has 6 nitrogen and oxygen atoms in total. The van der Waals surface area contributed by atoms with E-state index in [1.165, 1.54) is 17.8 Å². The maximum atomic E-state index is 13.9. The highest BCUT2D eigenvalue weighted by Gasteiger charge is 2.24. The largest absolute Gasteiger partial charge is 0.457 e. The lowest BCUT2D eigenvalue weighted by atomic mass is 9.96. The number of cyclic esters (lactones) is 1. The quantitative estimate of drug-likeness (QED) is 0.441. The molecule has 0 N–H and O–H groups in total. The first kappa shape index (κ1) is 21.4. The van der Waals surface area contributed by atoms with Crippen LogP contribution in [0.1, 0.15) is 43.9 Å². The maximum Gasteiger partial charge on any atom is 0.338 e. The Kier molecular flexibility index (Phi) is 5.72. The summed E-state index contributed by atoms with van der Waals surface area (Å²) in [5, 5.41) is 0. The first-order chi connectivity index (χ1) is 16.0. The van der Waals surface area contributed by atoms with Gasteiger partial charge in [0.1, 0.15) is 12.4 Å². The molecule has 0 radical (unpaired) electrons. The Hall–Kier alpha value is -3.45. The van der Waals surface area contributed by atoms with Crippen molar-refractivity contribution < 1.29 is 13.9 Å². The van der Waals surface area contributed by atoms with Crippen molar-refractivity contribution in [1.29, 1.82) is 0 Å². The minimum atomic E-state index is -0.310. The number of carbonyl (C=O) groups is 1. The number of rotatable bonds is 5. The van der Waals surface area contributed by atoms with E-state index in [1.54, 1.807) is 19.2 Å². The van der Waals surface area contributed by atoms with Crippen molar-refractivity contribution in [1.82, 2.24) is 14.9 Å². The van der Waals surface area contributed by atoms with Gasteiger partial charge in [-0.3, -0.25) is 9.89 Å². The Morgan fingerprint density at radius 3 is 3.00 bits per heavy atom. The number of hydrogen-bond acceptors (Lipinski definition) is 6. The van der Waals surface area contributed by atoms with Gasteiger partial charge in [0, 0.05) is 67.8 Å². The summed E-state index contributed by atoms with van der Waals surface area (Å²) in [4.78, 5) is 27.4. The number of halogens is 1. The van der Waals surface area contributed by atoms with Gasteiger partial charge in [-0.05, 0) is 48.7 Å². The third-order valence-corrected chi connectivity index (χ3v) is 6.51. The van der Waals surface area contributed by atoms with Gasteiger partial charge >= 0.3 is 5.97 Å². The van der Waals surface area contributed by atoms with E-state index in [2.05, 4.69) is 21.8 Å². The van der Waals surface area contributed by atoms with E-state index in [0.29, 0.717) is 23.6 Å². The Morgan fingerprint density at radius 1 is 1.27 bits per heavy atom. The Labute approximate surface area is 192 Å². The molecule has 5 rings (SSSR count). The second kappa shape index (κ2) is 8.83. The summed E-state index contributed by atoms with van der Waals surface area (Å²) in [6.07, 6.45) is 5.16. The van der Waals surface area contributed by atoms with Crippen LogP contribution in [0, 0.1) is 12.7 Å². The number of aliphatic imine (C=N–C) groups is 1. The number of nitrogens with zero attached hydrogens (tertiary/aromatic N) is 4. The van der Waals surface area contributed by atoms with Crippen LogP contribution in [0.5, 0.6) is 0 Å². The average Bonchev–Trinajstić information content (AvgIpc) is 3.21. The normalized spacial score (nSPS) is 15.5. The first-order valence-electron chi connectivity index (χ1n) is 11.1. The third-order valence-electron chi connectivity index (χ3n) is 6.51. The van der Waals surface area contributed by atoms with Gasteiger partial charge in [-0.2, -0.15) is 0 Å². The van der Waals surface area contributed by atoms with Gasteiger partial charge in [-0.25, -0.2) is 19.2 Å². The number of carbonyl (C=O) groups excluding carboxylic acids is 1. The molecule has 0 unspecified atom stereocenters. The van der Waals surface area contributed by atoms with Crippen LogP contribution in [0.4, 0.5) is 4.39 Å². The molecule has 7 heteroatoms. The maximum absolute atomic E-state index is 13.9. The Morgan fingerprint density at radius 2 is 2.15 bits per heavy atom. The molecule has 2 aliphatic rings. The smallest absolute Gasteiger partial charge is 0.338 e. The molecule has 0 bridgehead atoms. The number of benzene rings is 2. The second-order valence-corrected chi connectivity index (χ2v) is 8.52. The van der Waals surface area contributed by atoms with Crippen molar-refractivity contribution in [3.8, 4) is 11.4 Å². The van der Waals surface area contributed by atoms with E-state index < -0.39 is 0 Å². The SMILES string of the molecule is CN=Cc1cc(-c2ncc3c(n2)CCN(CCc2ccc4c(c2C)COC4=O)C3)ccc1F. The molecule has 1 aromatic heterocycles. The number of ether oxygens (including phenoxy) is 1. The van der Waals surface area contributed by atoms with E-state index in [9.17, 15) is 9.18 Å². The number of aromatic nitrogens is 2. The lowest BCUT2D eigenvalue weighted by molar-refractivity contribution is 0.0535. The van der Waals surface area contributed by atoms with Crippen molar-refractivity contribution in [3.63, 3.8) is 0 Å². The molecule has 33 heavy (non-hydrogen) atoms. The van der Waals surface area contributed by atoms with Crippen molar-refractivity contribution >= 4 is 12.2 Å². The molecule has 0 spiro atoms. The standard InChI is InChI=1S/C26H25FN4O2/c1-16-17(3-5-21-22(16)15-33-26(21)32)7-9-31-10-8-24-20(14-31)13-29-25(30-24)18-4-6-23(27)19(11-18)12-28-2/h3-6,11-13H,7-10,14-15H2,1-2H3. The van der Waals surface area contributed by atoms with Crippen LogP contribution in [0.15, 0.2) is 41.5 Å². The molecule has 0 aliphatic carbocycles. The van der Waals surface area contributed by atoms with Gasteiger partial charge in [0.25, 0.3) is 0 Å². The summed E-state index contributed by atoms with van der Waals surface area (Å²) in [5.74, 6) is 0.0798. The fourth-order valence-corrected chi connectivity index (χ4v) is 4.57. The van der Waals surface area contributed by atoms with Crippen LogP contribution in [0.2, 0.25) is 0 Å². The molecule has 2 aliphatic heterocycles. The number of hydrogen-bond donors (Lipinski definition) is 0. The molecule has 0 amide bonds. The number of esters is 1. The Bertz CT molecular complexity index is 1270. The highest BCUT2D eigenvalue weighted by atomic mass is 19.1. The summed E-state index contributed by atoms with van der Waals surface area (Å²) in [6, 6.07) is 8.81. The summed E-state index contributed by atoms with van der Waals surface area (Å²) in [7, 11) is 1.62. The van der Waals surface area contributed by atoms with Crippen LogP contribution in [-0.4, -0.2) is 47.2 Å². The zero-order valence-corrected chi connectivity index (χ0v) is 18.8. The predicted molar refractivity (Wildman–Crippen MR) is 124 cm³/mol. The van der Waals surface area contributed by atoms with Crippen molar-refractivity contribution in [2.45, 2.75) is 32.9 Å². The van der Waals surface area contributed by atoms with E-state index >= 15 is 0 Å². The zero-order chi connectivity index (χ0) is 22.9. The topological polar surface area (TPSA) is 67.7 Å². The third kappa shape index (κ3) is 4.16. The molecule has 0 saturated heterocycles. The molecular formula is C26H25FN4O2. The lowest BCUT2D eigenvalue weighted by Crippen LogP contribution is -2.33. The molecule has 168 valence electrons. The van der Waals surface area contributed by atoms with E-state index in [1.807, 2.05) is 18.3 Å². The minimum Gasteiger partial charge on any atom is -0.457 e. The minimum absolute atomic E-state index is 0.220. The predicted octanol–water partition coefficient (Wildman–Crippen LogP) is 3.91. The van der Waals surface area contributed by atoms with Crippen LogP contribution in [0.3, 0.4) is 0 Å². The monoisotopic (exact) mass is 444 g/mol. The molecule has 0 saturated carbocycles. The zero-order valence-electron chi connectivity index (χ0n) is 18.8. The van der Waals surface area contributed by atoms with E-state index in [-0.39, 0.29) is 11.8 Å². The molecule has 3 heterocycles. The van der Waals surface area contributed by atoms with E-state index in [0.717, 1.165) is 60.4 Å². The summed E-state index contributed by atoms with van der Waals surface area (Å²) < 4.78 is 19.1. The van der Waals surface area contributed by atoms with Crippen molar-refractivity contribution in [3.05, 3.63) is 81.4 Å². The molecular weight excluding hydrogens is 419 g/mol. The molecule has 3 aromatic rings. The second-order valence-electron chi connectivity index (χ2n) is 8.52. The van der Waals surface area contributed by atoms with Crippen molar-refractivity contribution in [2.75, 3.05) is 20.1 Å². The average molecular weight is 445 g/mol. The van der Waals surface area contributed by atoms with Gasteiger partial charge in [-0.15, -0.1) is 0 Å². The van der Waals surface area contributed by atoms with Gasteiger partial charge < -0.3 is 4.74 Å². The van der Waals surface area contributed by atoms with Gasteiger partial charge in [-0.1, -0.05) is 6.07 Å². The van der Waals surface area contributed by atoms with Gasteiger partial charge in [0.2, 0.25) is 0 Å². The molecule has 2 aromatic carbocycles. The van der Waals surface area contributed by atoms with Crippen molar-refractivity contribution in [2.24, 2.45) is 4.99 Å². The highest BCUT2D eigenvalue weighted by molar-refractivity contribution is 5.93. The van der Waals surface area contributed by atoms with Crippen LogP contribution >= 0.6 is 0 Å². The van der Waals surface area contributed by atoms with Crippen LogP contribution in [-0.2, 0) is 30.7 Å². The van der Waals surface area contributed by atoms with Crippen LogP contribution < -0.4 is 0 Å². The van der Waals surface area contributed by atoms with Crippen LogP contribution in [0.25, 0.3) is 11.4 Å². The first-order valence-corrected chi connectivity index (χ1v) is 11.1. The number of fused-ring (bicyclic) bond motifs is 2. The Balaban J connectivity index is 1.28. The summed E-state index contributed by atoms with van der Waals surface area (Å²) >= 11 is 0. The lowest BCUT2D eigenvalue weighted by Gasteiger charge is -2.28. The molecule has 0 fully saturated rings.